The fourth-order valence-electron chi connectivity index (χ4n) is 2.56. The van der Waals surface area contributed by atoms with Gasteiger partial charge in [0.25, 0.3) is 0 Å². The topological polar surface area (TPSA) is 24.4 Å². The first-order valence-corrected chi connectivity index (χ1v) is 9.85. The van der Waals surface area contributed by atoms with Crippen LogP contribution in [0.15, 0.2) is 41.4 Å². The second-order valence-corrected chi connectivity index (χ2v) is 8.10. The van der Waals surface area contributed by atoms with E-state index in [9.17, 15) is 0 Å². The van der Waals surface area contributed by atoms with Gasteiger partial charge in [-0.1, -0.05) is 70.3 Å². The Morgan fingerprint density at radius 3 is 2.50 bits per heavy atom. The molecule has 1 aliphatic heterocycles. The maximum atomic E-state index is 6.43. The third-order valence-corrected chi connectivity index (χ3v) is 5.78. The molecule has 0 saturated heterocycles. The average Bonchev–Trinajstić information content (AvgIpc) is 3.01. The molecule has 1 aliphatic rings. The van der Waals surface area contributed by atoms with Crippen LogP contribution in [0.25, 0.3) is 0 Å². The first kappa shape index (κ1) is 18.2. The number of hydrogen-bond donors (Lipinski definition) is 1. The number of hydrogen-bond acceptors (Lipinski definition) is 3. The molecule has 2 nitrogen and oxygen atoms in total. The molecule has 1 N–H and O–H groups in total. The Hall–Kier alpha value is -0.580. The van der Waals surface area contributed by atoms with Crippen LogP contribution in [0.3, 0.4) is 0 Å². The normalized spacial score (nSPS) is 15.2. The summed E-state index contributed by atoms with van der Waals surface area (Å²) in [6, 6.07) is 11.1. The summed E-state index contributed by atoms with van der Waals surface area (Å²) in [6.45, 7) is 0.825. The zero-order valence-electron chi connectivity index (χ0n) is 12.5. The summed E-state index contributed by atoms with van der Waals surface area (Å²) in [5.41, 5.74) is 1.94. The number of amidine groups is 1. The third-order valence-electron chi connectivity index (χ3n) is 3.60. The number of rotatable bonds is 4. The largest absolute Gasteiger partial charge is 0.358 e. The minimum absolute atomic E-state index is 0.0740. The van der Waals surface area contributed by atoms with E-state index in [1.165, 1.54) is 0 Å². The lowest BCUT2D eigenvalue weighted by molar-refractivity contribution is 0.648. The van der Waals surface area contributed by atoms with Gasteiger partial charge < -0.3 is 5.32 Å². The highest BCUT2D eigenvalue weighted by atomic mass is 35.5. The molecule has 3 rings (SSSR count). The Bertz CT molecular complexity index is 759. The third kappa shape index (κ3) is 4.53. The average molecular weight is 420 g/mol. The van der Waals surface area contributed by atoms with Gasteiger partial charge in [0.1, 0.15) is 0 Å². The Labute approximate surface area is 165 Å². The first-order chi connectivity index (χ1) is 11.5. The van der Waals surface area contributed by atoms with Crippen molar-refractivity contribution in [2.75, 3.05) is 12.3 Å². The molecule has 1 heterocycles. The van der Waals surface area contributed by atoms with E-state index in [1.54, 1.807) is 23.9 Å². The zero-order valence-corrected chi connectivity index (χ0v) is 16.4. The molecule has 7 heteroatoms. The molecular weight excluding hydrogens is 406 g/mol. The van der Waals surface area contributed by atoms with Gasteiger partial charge >= 0.3 is 0 Å². The van der Waals surface area contributed by atoms with Gasteiger partial charge in [-0.15, -0.1) is 0 Å². The van der Waals surface area contributed by atoms with Crippen LogP contribution in [0.2, 0.25) is 20.1 Å². The van der Waals surface area contributed by atoms with Crippen LogP contribution >= 0.6 is 58.2 Å². The monoisotopic (exact) mass is 418 g/mol. The van der Waals surface area contributed by atoms with Crippen LogP contribution in [-0.4, -0.2) is 17.5 Å². The molecular formula is C17H14Cl4N2S. The number of nitrogens with one attached hydrogen (secondary N) is 1. The van der Waals surface area contributed by atoms with Gasteiger partial charge in [0.2, 0.25) is 0 Å². The lowest BCUT2D eigenvalue weighted by atomic mass is 9.99. The van der Waals surface area contributed by atoms with E-state index in [0.29, 0.717) is 26.5 Å². The standard InChI is InChI=1S/C17H14Cl4N2S/c18-11-6-10(7-12(19)9-11)8-15(23-17-22-4-5-24-17)13-2-1-3-14(20)16(13)21/h1-3,6-7,9,15H,4-5,8H2,(H,22,23). The summed E-state index contributed by atoms with van der Waals surface area (Å²) >= 11 is 26.6. The summed E-state index contributed by atoms with van der Waals surface area (Å²) in [7, 11) is 0. The van der Waals surface area contributed by atoms with E-state index in [-0.39, 0.29) is 6.04 Å². The summed E-state index contributed by atoms with van der Waals surface area (Å²) in [5, 5.41) is 6.70. The summed E-state index contributed by atoms with van der Waals surface area (Å²) in [5.74, 6) is 0.987. The van der Waals surface area contributed by atoms with Crippen LogP contribution in [0.1, 0.15) is 17.2 Å². The highest BCUT2D eigenvalue weighted by molar-refractivity contribution is 8.14. The molecule has 0 saturated carbocycles. The quantitative estimate of drug-likeness (QED) is 0.630. The zero-order chi connectivity index (χ0) is 17.1. The molecule has 0 aromatic heterocycles. The number of halogens is 4. The minimum atomic E-state index is -0.0740. The molecule has 0 aliphatic carbocycles. The maximum absolute atomic E-state index is 6.43. The van der Waals surface area contributed by atoms with Crippen molar-refractivity contribution in [3.63, 3.8) is 0 Å². The minimum Gasteiger partial charge on any atom is -0.358 e. The van der Waals surface area contributed by atoms with Crippen LogP contribution in [0.4, 0.5) is 0 Å². The summed E-state index contributed by atoms with van der Waals surface area (Å²) in [6.07, 6.45) is 0.667. The maximum Gasteiger partial charge on any atom is 0.157 e. The van der Waals surface area contributed by atoms with Crippen molar-refractivity contribution in [2.45, 2.75) is 12.5 Å². The Balaban J connectivity index is 1.93. The van der Waals surface area contributed by atoms with Gasteiger partial charge in [-0.05, 0) is 41.8 Å². The van der Waals surface area contributed by atoms with Crippen LogP contribution in [0.5, 0.6) is 0 Å². The van der Waals surface area contributed by atoms with Gasteiger partial charge in [0.15, 0.2) is 5.17 Å². The van der Waals surface area contributed by atoms with Crippen molar-refractivity contribution in [2.24, 2.45) is 4.99 Å². The molecule has 0 spiro atoms. The van der Waals surface area contributed by atoms with Crippen molar-refractivity contribution in [3.8, 4) is 0 Å². The van der Waals surface area contributed by atoms with E-state index in [1.807, 2.05) is 24.3 Å². The van der Waals surface area contributed by atoms with E-state index in [2.05, 4.69) is 10.3 Å². The molecule has 24 heavy (non-hydrogen) atoms. The second kappa shape index (κ2) is 8.20. The number of aliphatic imine (C=N–C) groups is 1. The van der Waals surface area contributed by atoms with Crippen molar-refractivity contribution < 1.29 is 0 Å². The molecule has 2 aromatic rings. The van der Waals surface area contributed by atoms with Gasteiger partial charge in [-0.25, -0.2) is 0 Å². The van der Waals surface area contributed by atoms with Crippen molar-refractivity contribution in [3.05, 3.63) is 67.6 Å². The predicted molar refractivity (Wildman–Crippen MR) is 107 cm³/mol. The Kier molecular flexibility index (Phi) is 6.22. The Morgan fingerprint density at radius 1 is 1.08 bits per heavy atom. The fraction of sp³-hybridized carbons (Fsp3) is 0.235. The van der Waals surface area contributed by atoms with E-state index in [4.69, 9.17) is 46.4 Å². The van der Waals surface area contributed by atoms with Gasteiger partial charge in [0.05, 0.1) is 22.6 Å². The fourth-order valence-corrected chi connectivity index (χ4v) is 4.36. The number of benzene rings is 2. The molecule has 0 amide bonds. The highest BCUT2D eigenvalue weighted by Gasteiger charge is 2.20. The molecule has 1 atom stereocenters. The first-order valence-electron chi connectivity index (χ1n) is 7.35. The SMILES string of the molecule is Clc1cc(Cl)cc(CC(NC2=NCCS2)c2cccc(Cl)c2Cl)c1. The van der Waals surface area contributed by atoms with E-state index < -0.39 is 0 Å². The van der Waals surface area contributed by atoms with Crippen molar-refractivity contribution >= 4 is 63.3 Å². The highest BCUT2D eigenvalue weighted by Crippen LogP contribution is 2.33. The van der Waals surface area contributed by atoms with E-state index in [0.717, 1.165) is 28.6 Å². The number of nitrogens with zero attached hydrogens (tertiary/aromatic N) is 1. The van der Waals surface area contributed by atoms with Gasteiger partial charge in [-0.2, -0.15) is 0 Å². The Morgan fingerprint density at radius 2 is 1.83 bits per heavy atom. The summed E-state index contributed by atoms with van der Waals surface area (Å²) in [4.78, 5) is 4.47. The van der Waals surface area contributed by atoms with Crippen LogP contribution in [-0.2, 0) is 6.42 Å². The molecule has 1 unspecified atom stereocenters. The van der Waals surface area contributed by atoms with Crippen LogP contribution < -0.4 is 5.32 Å². The van der Waals surface area contributed by atoms with Crippen molar-refractivity contribution in [1.82, 2.24) is 5.32 Å². The summed E-state index contributed by atoms with van der Waals surface area (Å²) < 4.78 is 0. The molecule has 0 fully saturated rings. The van der Waals surface area contributed by atoms with Gasteiger partial charge in [-0.3, -0.25) is 4.99 Å². The number of thioether (sulfide) groups is 1. The molecule has 0 radical (unpaired) electrons. The molecule has 0 bridgehead atoms. The lowest BCUT2D eigenvalue weighted by Gasteiger charge is -2.22. The predicted octanol–water partition coefficient (Wildman–Crippen LogP) is 6.28. The van der Waals surface area contributed by atoms with Gasteiger partial charge in [0, 0.05) is 15.8 Å². The van der Waals surface area contributed by atoms with Crippen LogP contribution in [0, 0.1) is 0 Å². The lowest BCUT2D eigenvalue weighted by Crippen LogP contribution is -2.27. The molecule has 2 aromatic carbocycles. The second-order valence-electron chi connectivity index (χ2n) is 5.36. The van der Waals surface area contributed by atoms with E-state index >= 15 is 0 Å². The molecule has 126 valence electrons. The smallest absolute Gasteiger partial charge is 0.157 e. The van der Waals surface area contributed by atoms with Crippen molar-refractivity contribution in [1.29, 1.82) is 0 Å².